The quantitative estimate of drug-likeness (QED) is 0.523. The molecule has 0 fully saturated rings. The van der Waals surface area contributed by atoms with Gasteiger partial charge in [0.15, 0.2) is 5.65 Å². The summed E-state index contributed by atoms with van der Waals surface area (Å²) in [6, 6.07) is 14.9. The molecule has 29 heavy (non-hydrogen) atoms. The van der Waals surface area contributed by atoms with Crippen molar-refractivity contribution in [2.45, 2.75) is 6.61 Å². The van der Waals surface area contributed by atoms with Gasteiger partial charge < -0.3 is 20.2 Å². The number of pyridine rings is 1. The number of primary amides is 1. The number of carbonyl (C=O) groups is 1. The lowest BCUT2D eigenvalue weighted by Gasteiger charge is -2.10. The summed E-state index contributed by atoms with van der Waals surface area (Å²) in [7, 11) is 1.54. The summed E-state index contributed by atoms with van der Waals surface area (Å²) in [4.78, 5) is 23.0. The normalized spacial score (nSPS) is 10.8. The van der Waals surface area contributed by atoms with Crippen molar-refractivity contribution in [1.82, 2.24) is 15.0 Å². The second-order valence-electron chi connectivity index (χ2n) is 6.29. The predicted octanol–water partition coefficient (Wildman–Crippen LogP) is 3.45. The van der Waals surface area contributed by atoms with E-state index in [0.717, 1.165) is 0 Å². The first-order chi connectivity index (χ1) is 14.0. The largest absolute Gasteiger partial charge is 0.497 e. The Morgan fingerprint density at radius 1 is 1.10 bits per heavy atom. The van der Waals surface area contributed by atoms with Crippen LogP contribution >= 0.6 is 0 Å². The minimum absolute atomic E-state index is 0.0724. The predicted molar refractivity (Wildman–Crippen MR) is 105 cm³/mol. The van der Waals surface area contributed by atoms with E-state index in [0.29, 0.717) is 39.6 Å². The number of rotatable bonds is 6. The number of hydrogen-bond acceptors (Lipinski definition) is 5. The van der Waals surface area contributed by atoms with Gasteiger partial charge in [0, 0.05) is 17.2 Å². The second kappa shape index (κ2) is 7.59. The maximum Gasteiger partial charge on any atom is 0.267 e. The molecular formula is C21H17FN4O3. The molecule has 0 atom stereocenters. The number of nitrogens with two attached hydrogens (primary N) is 1. The Kier molecular flexibility index (Phi) is 4.82. The molecule has 3 N–H and O–H groups in total. The zero-order valence-electron chi connectivity index (χ0n) is 15.5. The highest BCUT2D eigenvalue weighted by atomic mass is 19.1. The fourth-order valence-electron chi connectivity index (χ4n) is 2.85. The lowest BCUT2D eigenvalue weighted by atomic mass is 10.2. The Morgan fingerprint density at radius 3 is 2.66 bits per heavy atom. The van der Waals surface area contributed by atoms with Gasteiger partial charge in [-0.15, -0.1) is 0 Å². The molecule has 0 saturated heterocycles. The van der Waals surface area contributed by atoms with Crippen molar-refractivity contribution in [3.8, 4) is 22.9 Å². The van der Waals surface area contributed by atoms with Crippen LogP contribution < -0.4 is 15.2 Å². The molecule has 8 heteroatoms. The van der Waals surface area contributed by atoms with Crippen molar-refractivity contribution < 1.29 is 18.7 Å². The first-order valence-corrected chi connectivity index (χ1v) is 8.76. The van der Waals surface area contributed by atoms with Gasteiger partial charge in [0.05, 0.1) is 12.6 Å². The number of hydrogen-bond donors (Lipinski definition) is 2. The van der Waals surface area contributed by atoms with Crippen LogP contribution in [0.4, 0.5) is 4.39 Å². The summed E-state index contributed by atoms with van der Waals surface area (Å²) in [6.45, 7) is 0.0724. The summed E-state index contributed by atoms with van der Waals surface area (Å²) >= 11 is 0. The lowest BCUT2D eigenvalue weighted by Crippen LogP contribution is -2.12. The standard InChI is InChI=1S/C21H17FN4O3/c1-28-14-8-13(9-15(10-14)29-11-12-4-2-3-5-16(12)22)20-25-18-7-6-17(19(23)27)24-21(18)26-20/h2-10H,11H2,1H3,(H2,23,27)(H,24,25,26). The smallest absolute Gasteiger partial charge is 0.267 e. The lowest BCUT2D eigenvalue weighted by molar-refractivity contribution is 0.0996. The summed E-state index contributed by atoms with van der Waals surface area (Å²) in [5.41, 5.74) is 7.56. The van der Waals surface area contributed by atoms with E-state index < -0.39 is 5.91 Å². The van der Waals surface area contributed by atoms with Crippen LogP contribution in [0.1, 0.15) is 16.1 Å². The molecule has 0 radical (unpaired) electrons. The Morgan fingerprint density at radius 2 is 1.90 bits per heavy atom. The van der Waals surface area contributed by atoms with Crippen LogP contribution in [-0.2, 0) is 6.61 Å². The van der Waals surface area contributed by atoms with E-state index >= 15 is 0 Å². The van der Waals surface area contributed by atoms with E-state index in [1.54, 1.807) is 49.6 Å². The molecule has 4 aromatic rings. The zero-order valence-corrected chi connectivity index (χ0v) is 15.5. The molecule has 0 spiro atoms. The number of halogens is 1. The summed E-state index contributed by atoms with van der Waals surface area (Å²) in [5, 5.41) is 0. The number of methoxy groups -OCH3 is 1. The molecule has 2 aromatic heterocycles. The van der Waals surface area contributed by atoms with Crippen LogP contribution in [0.3, 0.4) is 0 Å². The number of nitrogens with one attached hydrogen (secondary N) is 1. The number of aromatic nitrogens is 3. The second-order valence-corrected chi connectivity index (χ2v) is 6.29. The summed E-state index contributed by atoms with van der Waals surface area (Å²) in [6.07, 6.45) is 0. The number of carbonyl (C=O) groups excluding carboxylic acids is 1. The Hall–Kier alpha value is -3.94. The summed E-state index contributed by atoms with van der Waals surface area (Å²) < 4.78 is 24.9. The maximum absolute atomic E-state index is 13.8. The van der Waals surface area contributed by atoms with Crippen LogP contribution in [0.25, 0.3) is 22.6 Å². The third kappa shape index (κ3) is 3.86. The first kappa shape index (κ1) is 18.4. The number of imidazole rings is 1. The van der Waals surface area contributed by atoms with E-state index in [2.05, 4.69) is 15.0 Å². The van der Waals surface area contributed by atoms with Gasteiger partial charge in [-0.05, 0) is 30.3 Å². The van der Waals surface area contributed by atoms with Crippen molar-refractivity contribution in [1.29, 1.82) is 0 Å². The van der Waals surface area contributed by atoms with E-state index in [-0.39, 0.29) is 18.1 Å². The minimum atomic E-state index is -0.623. The molecule has 0 saturated carbocycles. The molecule has 0 aliphatic heterocycles. The van der Waals surface area contributed by atoms with Crippen molar-refractivity contribution in [2.75, 3.05) is 7.11 Å². The van der Waals surface area contributed by atoms with Crippen molar-refractivity contribution >= 4 is 17.1 Å². The SMILES string of the molecule is COc1cc(OCc2ccccc2F)cc(-c2nc3nc(C(N)=O)ccc3[nH]2)c1. The van der Waals surface area contributed by atoms with Gasteiger partial charge in [-0.1, -0.05) is 18.2 Å². The zero-order chi connectivity index (χ0) is 20.4. The molecule has 0 aliphatic carbocycles. The van der Waals surface area contributed by atoms with Gasteiger partial charge in [-0.3, -0.25) is 4.79 Å². The average molecular weight is 392 g/mol. The molecule has 0 bridgehead atoms. The molecule has 0 aliphatic rings. The fraction of sp³-hybridized carbons (Fsp3) is 0.0952. The third-order valence-corrected chi connectivity index (χ3v) is 4.34. The molecule has 2 aromatic carbocycles. The number of fused-ring (bicyclic) bond motifs is 1. The number of H-pyrrole nitrogens is 1. The van der Waals surface area contributed by atoms with Crippen molar-refractivity contribution in [3.05, 3.63) is 71.7 Å². The van der Waals surface area contributed by atoms with E-state index in [9.17, 15) is 9.18 Å². The Bertz CT molecular complexity index is 1210. The van der Waals surface area contributed by atoms with Crippen LogP contribution in [0.15, 0.2) is 54.6 Å². The van der Waals surface area contributed by atoms with Crippen LogP contribution in [0.5, 0.6) is 11.5 Å². The molecular weight excluding hydrogens is 375 g/mol. The van der Waals surface area contributed by atoms with Crippen LogP contribution in [0, 0.1) is 5.82 Å². The molecule has 1 amide bonds. The highest BCUT2D eigenvalue weighted by molar-refractivity contribution is 5.93. The number of ether oxygens (including phenoxy) is 2. The topological polar surface area (TPSA) is 103 Å². The monoisotopic (exact) mass is 392 g/mol. The Labute approximate surface area is 165 Å². The van der Waals surface area contributed by atoms with Gasteiger partial charge in [0.25, 0.3) is 5.91 Å². The number of benzene rings is 2. The van der Waals surface area contributed by atoms with Gasteiger partial charge in [-0.25, -0.2) is 14.4 Å². The highest BCUT2D eigenvalue weighted by Crippen LogP contribution is 2.30. The van der Waals surface area contributed by atoms with Gasteiger partial charge in [0.2, 0.25) is 0 Å². The number of amides is 1. The van der Waals surface area contributed by atoms with Crippen molar-refractivity contribution in [2.24, 2.45) is 5.73 Å². The van der Waals surface area contributed by atoms with Gasteiger partial charge in [-0.2, -0.15) is 0 Å². The molecule has 146 valence electrons. The minimum Gasteiger partial charge on any atom is -0.497 e. The number of aromatic amines is 1. The van der Waals surface area contributed by atoms with E-state index in [1.807, 2.05) is 0 Å². The van der Waals surface area contributed by atoms with Crippen LogP contribution in [-0.4, -0.2) is 28.0 Å². The molecule has 2 heterocycles. The van der Waals surface area contributed by atoms with E-state index in [4.69, 9.17) is 15.2 Å². The fourth-order valence-corrected chi connectivity index (χ4v) is 2.85. The van der Waals surface area contributed by atoms with Gasteiger partial charge in [0.1, 0.15) is 35.4 Å². The molecule has 4 rings (SSSR count). The van der Waals surface area contributed by atoms with Gasteiger partial charge >= 0.3 is 0 Å². The maximum atomic E-state index is 13.8. The average Bonchev–Trinajstić information content (AvgIpc) is 3.16. The van der Waals surface area contributed by atoms with Crippen molar-refractivity contribution in [3.63, 3.8) is 0 Å². The molecule has 7 nitrogen and oxygen atoms in total. The first-order valence-electron chi connectivity index (χ1n) is 8.76. The molecule has 0 unspecified atom stereocenters. The third-order valence-electron chi connectivity index (χ3n) is 4.34. The van der Waals surface area contributed by atoms with E-state index in [1.165, 1.54) is 12.1 Å². The van der Waals surface area contributed by atoms with Crippen LogP contribution in [0.2, 0.25) is 0 Å². The highest BCUT2D eigenvalue weighted by Gasteiger charge is 2.12. The number of nitrogens with zero attached hydrogens (tertiary/aromatic N) is 2. The Balaban J connectivity index is 1.66. The summed E-state index contributed by atoms with van der Waals surface area (Å²) in [5.74, 6) is 0.612.